The molecule has 1 heterocycles. The lowest BCUT2D eigenvalue weighted by molar-refractivity contribution is -0.384. The molecule has 172 valence electrons. The third-order valence-electron chi connectivity index (χ3n) is 4.29. The molecule has 1 aromatic heterocycles. The average molecular weight is 464 g/mol. The molecule has 1 atom stereocenters. The Balaban J connectivity index is 1.53. The Morgan fingerprint density at radius 2 is 1.76 bits per heavy atom. The zero-order valence-corrected chi connectivity index (χ0v) is 16.8. The van der Waals surface area contributed by atoms with Crippen LogP contribution >= 0.6 is 0 Å². The van der Waals surface area contributed by atoms with Gasteiger partial charge in [-0.05, 0) is 43.3 Å². The van der Waals surface area contributed by atoms with Gasteiger partial charge in [-0.2, -0.15) is 13.2 Å². The zero-order valence-electron chi connectivity index (χ0n) is 16.8. The SMILES string of the molecule is CC(OC(=O)CNC(=O)c1ccc(C(F)(F)F)cc1)c1nnc(-c2ccc([N+](=O)[O-])cc2)o1. The van der Waals surface area contributed by atoms with Gasteiger partial charge < -0.3 is 14.5 Å². The van der Waals surface area contributed by atoms with E-state index in [0.29, 0.717) is 5.56 Å². The maximum atomic E-state index is 12.6. The summed E-state index contributed by atoms with van der Waals surface area (Å²) in [4.78, 5) is 34.1. The summed E-state index contributed by atoms with van der Waals surface area (Å²) in [5.41, 5.74) is -0.658. The molecule has 0 aliphatic carbocycles. The highest BCUT2D eigenvalue weighted by Gasteiger charge is 2.30. The Hall–Kier alpha value is -4.29. The van der Waals surface area contributed by atoms with E-state index in [2.05, 4.69) is 15.5 Å². The van der Waals surface area contributed by atoms with Crippen LogP contribution in [0.25, 0.3) is 11.5 Å². The number of hydrogen-bond donors (Lipinski definition) is 1. The smallest absolute Gasteiger partial charge is 0.416 e. The molecule has 13 heteroatoms. The summed E-state index contributed by atoms with van der Waals surface area (Å²) in [5, 5.41) is 20.5. The lowest BCUT2D eigenvalue weighted by Gasteiger charge is -2.11. The second-order valence-corrected chi connectivity index (χ2v) is 6.64. The predicted octanol–water partition coefficient (Wildman–Crippen LogP) is 3.70. The molecule has 1 amide bonds. The van der Waals surface area contributed by atoms with E-state index in [1.165, 1.54) is 31.2 Å². The van der Waals surface area contributed by atoms with Gasteiger partial charge in [0, 0.05) is 23.3 Å². The lowest BCUT2D eigenvalue weighted by atomic mass is 10.1. The standard InChI is InChI=1S/C20H15F3N4O6/c1-11(18-25-26-19(33-18)13-4-8-15(9-5-13)27(30)31)32-16(28)10-24-17(29)12-2-6-14(7-3-12)20(21,22)23/h2-9,11H,10H2,1H3,(H,24,29). The number of alkyl halides is 3. The quantitative estimate of drug-likeness (QED) is 0.317. The van der Waals surface area contributed by atoms with Crippen molar-refractivity contribution in [3.8, 4) is 11.5 Å². The van der Waals surface area contributed by atoms with Crippen LogP contribution in [0.15, 0.2) is 52.9 Å². The van der Waals surface area contributed by atoms with E-state index >= 15 is 0 Å². The van der Waals surface area contributed by atoms with Crippen molar-refractivity contribution in [3.63, 3.8) is 0 Å². The first-order valence-electron chi connectivity index (χ1n) is 9.28. The second kappa shape index (κ2) is 9.46. The van der Waals surface area contributed by atoms with Gasteiger partial charge in [-0.15, -0.1) is 10.2 Å². The first-order valence-corrected chi connectivity index (χ1v) is 9.28. The van der Waals surface area contributed by atoms with Crippen molar-refractivity contribution in [2.75, 3.05) is 6.54 Å². The normalized spacial score (nSPS) is 12.1. The summed E-state index contributed by atoms with van der Waals surface area (Å²) < 4.78 is 48.2. The summed E-state index contributed by atoms with van der Waals surface area (Å²) in [5.74, 6) is -1.60. The zero-order chi connectivity index (χ0) is 24.2. The number of nitro benzene ring substituents is 1. The molecule has 0 aliphatic heterocycles. The Morgan fingerprint density at radius 3 is 2.33 bits per heavy atom. The van der Waals surface area contributed by atoms with Crippen molar-refractivity contribution in [2.24, 2.45) is 0 Å². The van der Waals surface area contributed by atoms with Crippen LogP contribution in [0, 0.1) is 10.1 Å². The van der Waals surface area contributed by atoms with Gasteiger partial charge in [0.25, 0.3) is 17.5 Å². The number of nitrogens with one attached hydrogen (secondary N) is 1. The van der Waals surface area contributed by atoms with E-state index < -0.39 is 41.2 Å². The number of aromatic nitrogens is 2. The second-order valence-electron chi connectivity index (χ2n) is 6.64. The van der Waals surface area contributed by atoms with Gasteiger partial charge in [0.2, 0.25) is 5.89 Å². The van der Waals surface area contributed by atoms with Crippen molar-refractivity contribution >= 4 is 17.6 Å². The minimum atomic E-state index is -4.53. The number of carbonyl (C=O) groups is 2. The summed E-state index contributed by atoms with van der Waals surface area (Å²) >= 11 is 0. The van der Waals surface area contributed by atoms with Crippen LogP contribution in [0.3, 0.4) is 0 Å². The Bertz CT molecular complexity index is 1160. The Kier molecular flexibility index (Phi) is 6.70. The van der Waals surface area contributed by atoms with E-state index in [0.717, 1.165) is 24.3 Å². The molecule has 1 N–H and O–H groups in total. The topological polar surface area (TPSA) is 137 Å². The number of rotatable bonds is 7. The van der Waals surface area contributed by atoms with Crippen LogP contribution in [0.1, 0.15) is 34.8 Å². The monoisotopic (exact) mass is 464 g/mol. The fourth-order valence-corrected chi connectivity index (χ4v) is 2.60. The van der Waals surface area contributed by atoms with E-state index in [9.17, 15) is 32.9 Å². The molecule has 0 spiro atoms. The van der Waals surface area contributed by atoms with Gasteiger partial charge in [-0.25, -0.2) is 0 Å². The molecule has 0 fully saturated rings. The molecule has 2 aromatic carbocycles. The highest BCUT2D eigenvalue weighted by atomic mass is 19.4. The van der Waals surface area contributed by atoms with Crippen molar-refractivity contribution in [1.82, 2.24) is 15.5 Å². The van der Waals surface area contributed by atoms with Gasteiger partial charge in [-0.3, -0.25) is 19.7 Å². The highest BCUT2D eigenvalue weighted by Crippen LogP contribution is 2.29. The van der Waals surface area contributed by atoms with Crippen molar-refractivity contribution in [1.29, 1.82) is 0 Å². The van der Waals surface area contributed by atoms with E-state index in [4.69, 9.17) is 9.15 Å². The molecular formula is C20H15F3N4O6. The summed E-state index contributed by atoms with van der Waals surface area (Å²) in [6.07, 6.45) is -5.50. The molecule has 0 saturated carbocycles. The summed E-state index contributed by atoms with van der Waals surface area (Å²) in [7, 11) is 0. The number of amides is 1. The van der Waals surface area contributed by atoms with E-state index in [-0.39, 0.29) is 23.0 Å². The first kappa shape index (κ1) is 23.4. The third kappa shape index (κ3) is 5.90. The Morgan fingerprint density at radius 1 is 1.12 bits per heavy atom. The van der Waals surface area contributed by atoms with Gasteiger partial charge >= 0.3 is 12.1 Å². The average Bonchev–Trinajstić information content (AvgIpc) is 3.27. The first-order chi connectivity index (χ1) is 15.5. The number of esters is 1. The number of nitro groups is 1. The fraction of sp³-hybridized carbons (Fsp3) is 0.200. The summed E-state index contributed by atoms with van der Waals surface area (Å²) in [6.45, 7) is 0.899. The largest absolute Gasteiger partial charge is 0.451 e. The third-order valence-corrected chi connectivity index (χ3v) is 4.29. The Labute approximate surface area is 183 Å². The number of non-ortho nitro benzene ring substituents is 1. The molecule has 0 bridgehead atoms. The molecular weight excluding hydrogens is 449 g/mol. The molecule has 10 nitrogen and oxygen atoms in total. The van der Waals surface area contributed by atoms with Crippen LogP contribution in [0.2, 0.25) is 0 Å². The molecule has 33 heavy (non-hydrogen) atoms. The predicted molar refractivity (Wildman–Crippen MR) is 105 cm³/mol. The molecule has 3 aromatic rings. The summed E-state index contributed by atoms with van der Waals surface area (Å²) in [6, 6.07) is 8.87. The van der Waals surface area contributed by atoms with Crippen LogP contribution in [-0.4, -0.2) is 33.5 Å². The number of benzene rings is 2. The van der Waals surface area contributed by atoms with Gasteiger partial charge in [0.05, 0.1) is 10.5 Å². The molecule has 3 rings (SSSR count). The number of hydrogen-bond acceptors (Lipinski definition) is 8. The molecule has 1 unspecified atom stereocenters. The number of carbonyl (C=O) groups excluding carboxylic acids is 2. The molecule has 0 radical (unpaired) electrons. The van der Waals surface area contributed by atoms with E-state index in [1.807, 2.05) is 0 Å². The maximum absolute atomic E-state index is 12.6. The fourth-order valence-electron chi connectivity index (χ4n) is 2.60. The maximum Gasteiger partial charge on any atom is 0.416 e. The molecule has 0 saturated heterocycles. The van der Waals surface area contributed by atoms with Crippen LogP contribution < -0.4 is 5.32 Å². The number of ether oxygens (including phenoxy) is 1. The van der Waals surface area contributed by atoms with Gasteiger partial charge in [0.15, 0.2) is 6.10 Å². The minimum absolute atomic E-state index is 0.0502. The lowest BCUT2D eigenvalue weighted by Crippen LogP contribution is -2.31. The van der Waals surface area contributed by atoms with Crippen LogP contribution in [0.4, 0.5) is 18.9 Å². The highest BCUT2D eigenvalue weighted by molar-refractivity contribution is 5.95. The van der Waals surface area contributed by atoms with Crippen molar-refractivity contribution < 1.29 is 36.8 Å². The van der Waals surface area contributed by atoms with Gasteiger partial charge in [0.1, 0.15) is 6.54 Å². The van der Waals surface area contributed by atoms with Crippen molar-refractivity contribution in [3.05, 3.63) is 75.7 Å². The van der Waals surface area contributed by atoms with Crippen molar-refractivity contribution in [2.45, 2.75) is 19.2 Å². The van der Waals surface area contributed by atoms with Crippen LogP contribution in [-0.2, 0) is 15.7 Å². The number of halogens is 3. The van der Waals surface area contributed by atoms with Gasteiger partial charge in [-0.1, -0.05) is 0 Å². The van der Waals surface area contributed by atoms with Crippen LogP contribution in [0.5, 0.6) is 0 Å². The molecule has 0 aliphatic rings. The van der Waals surface area contributed by atoms with E-state index in [1.54, 1.807) is 0 Å². The number of nitrogens with zero attached hydrogens (tertiary/aromatic N) is 3. The minimum Gasteiger partial charge on any atom is -0.451 e.